The van der Waals surface area contributed by atoms with Crippen LogP contribution >= 0.6 is 15.9 Å². The topological polar surface area (TPSA) is 67.8 Å². The van der Waals surface area contributed by atoms with E-state index in [9.17, 15) is 0 Å². The van der Waals surface area contributed by atoms with E-state index in [1.54, 1.807) is 18.2 Å². The summed E-state index contributed by atoms with van der Waals surface area (Å²) in [5.74, 6) is 1.51. The second-order valence-corrected chi connectivity index (χ2v) is 5.09. The number of hydrogen-bond donors (Lipinski definition) is 2. The van der Waals surface area contributed by atoms with Gasteiger partial charge in [0.2, 0.25) is 0 Å². The van der Waals surface area contributed by atoms with Crippen LogP contribution in [0.1, 0.15) is 18.1 Å². The Balaban J connectivity index is 2.25. The zero-order valence-electron chi connectivity index (χ0n) is 11.0. The van der Waals surface area contributed by atoms with E-state index < -0.39 is 0 Å². The zero-order valence-corrected chi connectivity index (χ0v) is 12.6. The van der Waals surface area contributed by atoms with Crippen LogP contribution in [-0.2, 0) is 6.42 Å². The number of oxime groups is 1. The van der Waals surface area contributed by atoms with Crippen LogP contribution in [0, 0.1) is 0 Å². The highest BCUT2D eigenvalue weighted by Gasteiger charge is 2.07. The maximum Gasteiger partial charge on any atom is 0.170 e. The molecule has 0 aliphatic heterocycles. The molecule has 0 aromatic heterocycles. The average Bonchev–Trinajstić information content (AvgIpc) is 2.48. The van der Waals surface area contributed by atoms with E-state index in [0.29, 0.717) is 11.3 Å². The summed E-state index contributed by atoms with van der Waals surface area (Å²) in [6, 6.07) is 13.2. The minimum Gasteiger partial charge on any atom is -0.456 e. The Morgan fingerprint density at radius 2 is 2.10 bits per heavy atom. The number of nitrogens with zero attached hydrogens (tertiary/aromatic N) is 1. The Kier molecular flexibility index (Phi) is 4.63. The molecule has 0 saturated heterocycles. The quantitative estimate of drug-likeness (QED) is 0.385. The summed E-state index contributed by atoms with van der Waals surface area (Å²) in [5.41, 5.74) is 7.38. The van der Waals surface area contributed by atoms with Crippen LogP contribution < -0.4 is 10.5 Å². The number of hydrogen-bond acceptors (Lipinski definition) is 3. The van der Waals surface area contributed by atoms with Gasteiger partial charge in [0.1, 0.15) is 11.5 Å². The fraction of sp³-hybridized carbons (Fsp3) is 0.133. The second-order valence-electron chi connectivity index (χ2n) is 4.23. The lowest BCUT2D eigenvalue weighted by Gasteiger charge is -2.10. The molecule has 20 heavy (non-hydrogen) atoms. The van der Waals surface area contributed by atoms with E-state index in [-0.39, 0.29) is 5.84 Å². The van der Waals surface area contributed by atoms with Gasteiger partial charge in [0.25, 0.3) is 0 Å². The largest absolute Gasteiger partial charge is 0.456 e. The van der Waals surface area contributed by atoms with Crippen molar-refractivity contribution < 1.29 is 9.94 Å². The lowest BCUT2D eigenvalue weighted by molar-refractivity contribution is 0.318. The smallest absolute Gasteiger partial charge is 0.170 e. The van der Waals surface area contributed by atoms with Gasteiger partial charge in [-0.3, -0.25) is 0 Å². The van der Waals surface area contributed by atoms with E-state index >= 15 is 0 Å². The average molecular weight is 335 g/mol. The monoisotopic (exact) mass is 334 g/mol. The van der Waals surface area contributed by atoms with Crippen LogP contribution in [0.15, 0.2) is 52.1 Å². The summed E-state index contributed by atoms with van der Waals surface area (Å²) >= 11 is 3.42. The predicted octanol–water partition coefficient (Wildman–Crippen LogP) is 3.90. The summed E-state index contributed by atoms with van der Waals surface area (Å²) in [6.07, 6.45) is 0.959. The number of nitrogens with two attached hydrogens (primary N) is 1. The zero-order chi connectivity index (χ0) is 14.5. The molecule has 0 saturated carbocycles. The fourth-order valence-electron chi connectivity index (χ4n) is 1.76. The molecule has 3 N–H and O–H groups in total. The standard InChI is InChI=1S/C15H15BrN2O2/c1-2-10-4-3-5-12(8-10)20-14-7-6-11(9-13(14)16)15(17)18-19/h3-9,19H,2H2,1H3,(H2,17,18). The van der Waals surface area contributed by atoms with E-state index in [1.807, 2.05) is 18.2 Å². The Hall–Kier alpha value is -2.01. The third kappa shape index (κ3) is 3.30. The fourth-order valence-corrected chi connectivity index (χ4v) is 2.22. The third-order valence-corrected chi connectivity index (χ3v) is 3.49. The molecule has 0 spiro atoms. The summed E-state index contributed by atoms with van der Waals surface area (Å²) < 4.78 is 6.57. The molecule has 0 aliphatic rings. The predicted molar refractivity (Wildman–Crippen MR) is 82.5 cm³/mol. The van der Waals surface area contributed by atoms with Crippen molar-refractivity contribution in [3.63, 3.8) is 0 Å². The van der Waals surface area contributed by atoms with E-state index in [2.05, 4.69) is 34.1 Å². The lowest BCUT2D eigenvalue weighted by atomic mass is 10.1. The molecule has 2 aromatic carbocycles. The van der Waals surface area contributed by atoms with Crippen molar-refractivity contribution in [2.45, 2.75) is 13.3 Å². The summed E-state index contributed by atoms with van der Waals surface area (Å²) in [6.45, 7) is 2.10. The first kappa shape index (κ1) is 14.4. The van der Waals surface area contributed by atoms with E-state index in [1.165, 1.54) is 5.56 Å². The number of amidine groups is 1. The molecule has 0 radical (unpaired) electrons. The Labute approximate surface area is 126 Å². The highest BCUT2D eigenvalue weighted by molar-refractivity contribution is 9.10. The van der Waals surface area contributed by atoms with Gasteiger partial charge in [-0.25, -0.2) is 0 Å². The van der Waals surface area contributed by atoms with E-state index in [0.717, 1.165) is 16.6 Å². The maximum atomic E-state index is 8.66. The van der Waals surface area contributed by atoms with Crippen molar-refractivity contribution in [3.8, 4) is 11.5 Å². The molecule has 4 nitrogen and oxygen atoms in total. The van der Waals surface area contributed by atoms with Gasteiger partial charge in [-0.15, -0.1) is 0 Å². The molecule has 0 heterocycles. The summed E-state index contributed by atoms with van der Waals surface area (Å²) in [7, 11) is 0. The van der Waals surface area contributed by atoms with Crippen LogP contribution in [0.5, 0.6) is 11.5 Å². The van der Waals surface area contributed by atoms with Gasteiger partial charge in [-0.1, -0.05) is 24.2 Å². The number of ether oxygens (including phenoxy) is 1. The number of rotatable bonds is 4. The van der Waals surface area contributed by atoms with Gasteiger partial charge >= 0.3 is 0 Å². The highest BCUT2D eigenvalue weighted by atomic mass is 79.9. The minimum atomic E-state index is 0.0604. The molecular formula is C15H15BrN2O2. The van der Waals surface area contributed by atoms with Gasteiger partial charge in [0, 0.05) is 5.56 Å². The molecule has 0 atom stereocenters. The van der Waals surface area contributed by atoms with Crippen molar-refractivity contribution in [1.29, 1.82) is 0 Å². The van der Waals surface area contributed by atoms with Crippen LogP contribution in [0.3, 0.4) is 0 Å². The SMILES string of the molecule is CCc1cccc(Oc2ccc(/C(N)=N/O)cc2Br)c1. The van der Waals surface area contributed by atoms with Crippen LogP contribution in [-0.4, -0.2) is 11.0 Å². The van der Waals surface area contributed by atoms with Crippen molar-refractivity contribution in [3.05, 3.63) is 58.1 Å². The van der Waals surface area contributed by atoms with Crippen molar-refractivity contribution in [2.75, 3.05) is 0 Å². The van der Waals surface area contributed by atoms with Gasteiger partial charge in [-0.2, -0.15) is 0 Å². The molecule has 2 aromatic rings. The Morgan fingerprint density at radius 3 is 2.75 bits per heavy atom. The normalized spacial score (nSPS) is 11.4. The first-order valence-corrected chi connectivity index (χ1v) is 6.97. The van der Waals surface area contributed by atoms with Crippen molar-refractivity contribution in [1.82, 2.24) is 0 Å². The second kappa shape index (κ2) is 6.43. The van der Waals surface area contributed by atoms with Gasteiger partial charge < -0.3 is 15.7 Å². The maximum absolute atomic E-state index is 8.66. The molecule has 0 fully saturated rings. The Morgan fingerprint density at radius 1 is 1.30 bits per heavy atom. The molecule has 5 heteroatoms. The molecule has 0 bridgehead atoms. The van der Waals surface area contributed by atoms with Crippen molar-refractivity contribution >= 4 is 21.8 Å². The number of aryl methyl sites for hydroxylation is 1. The third-order valence-electron chi connectivity index (χ3n) is 2.87. The van der Waals surface area contributed by atoms with Crippen LogP contribution in [0.2, 0.25) is 0 Å². The van der Waals surface area contributed by atoms with Crippen LogP contribution in [0.25, 0.3) is 0 Å². The first-order valence-electron chi connectivity index (χ1n) is 6.18. The first-order chi connectivity index (χ1) is 9.63. The van der Waals surface area contributed by atoms with Gasteiger partial charge in [0.05, 0.1) is 4.47 Å². The molecule has 0 amide bonds. The van der Waals surface area contributed by atoms with Crippen molar-refractivity contribution in [2.24, 2.45) is 10.9 Å². The number of halogens is 1. The molecule has 0 aliphatic carbocycles. The molecule has 0 unspecified atom stereocenters. The summed E-state index contributed by atoms with van der Waals surface area (Å²) in [4.78, 5) is 0. The molecule has 2 rings (SSSR count). The lowest BCUT2D eigenvalue weighted by Crippen LogP contribution is -2.12. The molecular weight excluding hydrogens is 320 g/mol. The van der Waals surface area contributed by atoms with Gasteiger partial charge in [-0.05, 0) is 58.2 Å². The summed E-state index contributed by atoms with van der Waals surface area (Å²) in [5, 5.41) is 11.6. The number of benzene rings is 2. The Bertz CT molecular complexity index is 642. The minimum absolute atomic E-state index is 0.0604. The van der Waals surface area contributed by atoms with Gasteiger partial charge in [0.15, 0.2) is 5.84 Å². The van der Waals surface area contributed by atoms with E-state index in [4.69, 9.17) is 15.7 Å². The molecule has 104 valence electrons. The highest BCUT2D eigenvalue weighted by Crippen LogP contribution is 2.30. The van der Waals surface area contributed by atoms with Crippen LogP contribution in [0.4, 0.5) is 0 Å².